The number of nitriles is 1. The van der Waals surface area contributed by atoms with Crippen molar-refractivity contribution < 1.29 is 8.42 Å². The zero-order valence-electron chi connectivity index (χ0n) is 8.07. The van der Waals surface area contributed by atoms with Crippen LogP contribution in [0.1, 0.15) is 11.3 Å². The third-order valence-electron chi connectivity index (χ3n) is 1.76. The molecule has 0 spiro atoms. The maximum atomic E-state index is 11.7. The highest BCUT2D eigenvalue weighted by molar-refractivity contribution is 7.91. The van der Waals surface area contributed by atoms with E-state index in [1.807, 2.05) is 0 Å². The second-order valence-corrected chi connectivity index (χ2v) is 5.33. The molecule has 0 aromatic carbocycles. The Hall–Kier alpha value is -1.12. The van der Waals surface area contributed by atoms with Gasteiger partial charge >= 0.3 is 0 Å². The zero-order chi connectivity index (χ0) is 11.5. The van der Waals surface area contributed by atoms with E-state index in [4.69, 9.17) is 16.9 Å². The predicted octanol–water partition coefficient (Wildman–Crippen LogP) is 1.27. The quantitative estimate of drug-likeness (QED) is 0.751. The van der Waals surface area contributed by atoms with Crippen LogP contribution in [0.2, 0.25) is 0 Å². The first kappa shape index (κ1) is 12.0. The molecule has 0 radical (unpaired) electrons. The number of aromatic nitrogens is 1. The number of aryl methyl sites for hydroxylation is 1. The molecule has 80 valence electrons. The van der Waals surface area contributed by atoms with E-state index in [0.717, 1.165) is 0 Å². The van der Waals surface area contributed by atoms with Gasteiger partial charge in [-0.15, -0.1) is 11.6 Å². The Kier molecular flexibility index (Phi) is 3.66. The first-order valence-corrected chi connectivity index (χ1v) is 6.36. The second-order valence-electron chi connectivity index (χ2n) is 2.93. The van der Waals surface area contributed by atoms with Crippen molar-refractivity contribution in [2.75, 3.05) is 11.6 Å². The van der Waals surface area contributed by atoms with Gasteiger partial charge in [0, 0.05) is 11.6 Å². The number of pyridine rings is 1. The Morgan fingerprint density at radius 3 is 2.73 bits per heavy atom. The van der Waals surface area contributed by atoms with E-state index < -0.39 is 9.84 Å². The van der Waals surface area contributed by atoms with Gasteiger partial charge in [-0.2, -0.15) is 5.26 Å². The van der Waals surface area contributed by atoms with Crippen LogP contribution in [0.15, 0.2) is 17.2 Å². The molecule has 0 fully saturated rings. The van der Waals surface area contributed by atoms with Crippen molar-refractivity contribution >= 4 is 21.4 Å². The Balaban J connectivity index is 3.37. The van der Waals surface area contributed by atoms with Crippen LogP contribution in [0.3, 0.4) is 0 Å². The Labute approximate surface area is 93.4 Å². The van der Waals surface area contributed by atoms with Gasteiger partial charge in [0.2, 0.25) is 0 Å². The summed E-state index contributed by atoms with van der Waals surface area (Å²) < 4.78 is 23.3. The molecule has 0 aliphatic heterocycles. The summed E-state index contributed by atoms with van der Waals surface area (Å²) in [6, 6.07) is 4.85. The highest BCUT2D eigenvalue weighted by atomic mass is 35.5. The molecule has 1 heterocycles. The van der Waals surface area contributed by atoms with Crippen LogP contribution in [-0.2, 0) is 9.84 Å². The maximum absolute atomic E-state index is 11.7. The van der Waals surface area contributed by atoms with Crippen LogP contribution in [0.25, 0.3) is 0 Å². The molecule has 4 nitrogen and oxygen atoms in total. The van der Waals surface area contributed by atoms with Gasteiger partial charge in [0.05, 0.1) is 11.3 Å². The van der Waals surface area contributed by atoms with Crippen molar-refractivity contribution in [2.24, 2.45) is 0 Å². The number of hydrogen-bond acceptors (Lipinski definition) is 4. The minimum atomic E-state index is -3.54. The van der Waals surface area contributed by atoms with Crippen LogP contribution < -0.4 is 0 Å². The fourth-order valence-corrected chi connectivity index (χ4v) is 2.79. The van der Waals surface area contributed by atoms with Gasteiger partial charge in [-0.3, -0.25) is 0 Å². The molecule has 1 aromatic heterocycles. The van der Waals surface area contributed by atoms with Gasteiger partial charge in [0.25, 0.3) is 0 Å². The van der Waals surface area contributed by atoms with E-state index in [-0.39, 0.29) is 22.2 Å². The molecule has 0 saturated heterocycles. The van der Waals surface area contributed by atoms with Crippen LogP contribution in [0.4, 0.5) is 0 Å². The maximum Gasteiger partial charge on any atom is 0.198 e. The molecule has 1 aromatic rings. The van der Waals surface area contributed by atoms with Gasteiger partial charge in [-0.05, 0) is 19.1 Å². The zero-order valence-corrected chi connectivity index (χ0v) is 9.64. The third kappa shape index (κ3) is 2.67. The van der Waals surface area contributed by atoms with Gasteiger partial charge in [0.1, 0.15) is 6.07 Å². The monoisotopic (exact) mass is 244 g/mol. The largest absolute Gasteiger partial charge is 0.240 e. The van der Waals surface area contributed by atoms with Gasteiger partial charge in [0.15, 0.2) is 14.9 Å². The molecule has 1 rings (SSSR count). The number of nitrogens with zero attached hydrogens (tertiary/aromatic N) is 2. The highest BCUT2D eigenvalue weighted by Crippen LogP contribution is 2.14. The minimum Gasteiger partial charge on any atom is -0.240 e. The van der Waals surface area contributed by atoms with Crippen molar-refractivity contribution in [3.05, 3.63) is 23.4 Å². The van der Waals surface area contributed by atoms with Crippen molar-refractivity contribution in [3.63, 3.8) is 0 Å². The van der Waals surface area contributed by atoms with Crippen LogP contribution in [-0.4, -0.2) is 25.0 Å². The molecule has 0 saturated carbocycles. The molecule has 15 heavy (non-hydrogen) atoms. The van der Waals surface area contributed by atoms with E-state index in [9.17, 15) is 8.42 Å². The van der Waals surface area contributed by atoms with Crippen molar-refractivity contribution in [3.8, 4) is 6.07 Å². The number of halogens is 1. The molecule has 0 N–H and O–H groups in total. The van der Waals surface area contributed by atoms with Crippen LogP contribution in [0.5, 0.6) is 0 Å². The molecule has 0 bridgehead atoms. The molecular formula is C9H9ClN2O2S. The first-order valence-electron chi connectivity index (χ1n) is 4.17. The summed E-state index contributed by atoms with van der Waals surface area (Å²) in [6.07, 6.45) is 0. The highest BCUT2D eigenvalue weighted by Gasteiger charge is 2.20. The summed E-state index contributed by atoms with van der Waals surface area (Å²) >= 11 is 5.38. The lowest BCUT2D eigenvalue weighted by molar-refractivity contribution is 0.593. The SMILES string of the molecule is Cc1ccc(C#N)c(S(=O)(=O)CCCl)n1. The summed E-state index contributed by atoms with van der Waals surface area (Å²) in [6.45, 7) is 1.67. The number of sulfone groups is 1. The molecule has 0 amide bonds. The normalized spacial score (nSPS) is 11.0. The number of rotatable bonds is 3. The number of hydrogen-bond donors (Lipinski definition) is 0. The fourth-order valence-electron chi connectivity index (χ4n) is 1.05. The van der Waals surface area contributed by atoms with Crippen LogP contribution >= 0.6 is 11.6 Å². The van der Waals surface area contributed by atoms with Crippen LogP contribution in [0, 0.1) is 18.3 Å². The molecule has 0 atom stereocenters. The second kappa shape index (κ2) is 4.60. The summed E-state index contributed by atoms with van der Waals surface area (Å²) in [5, 5.41) is 8.58. The van der Waals surface area contributed by atoms with Gasteiger partial charge in [-0.1, -0.05) is 0 Å². The van der Waals surface area contributed by atoms with Crippen molar-refractivity contribution in [1.82, 2.24) is 4.98 Å². The summed E-state index contributed by atoms with van der Waals surface area (Å²) in [5.74, 6) is -0.220. The fraction of sp³-hybridized carbons (Fsp3) is 0.333. The van der Waals surface area contributed by atoms with E-state index in [1.165, 1.54) is 6.07 Å². The van der Waals surface area contributed by atoms with Gasteiger partial charge < -0.3 is 0 Å². The smallest absolute Gasteiger partial charge is 0.198 e. The van der Waals surface area contributed by atoms with E-state index >= 15 is 0 Å². The lowest BCUT2D eigenvalue weighted by Gasteiger charge is -2.04. The Morgan fingerprint density at radius 2 is 2.20 bits per heavy atom. The standard InChI is InChI=1S/C9H9ClN2O2S/c1-7-2-3-8(6-11)9(12-7)15(13,14)5-4-10/h2-3H,4-5H2,1H3. The van der Waals surface area contributed by atoms with Crippen molar-refractivity contribution in [2.45, 2.75) is 11.9 Å². The average molecular weight is 245 g/mol. The third-order valence-corrected chi connectivity index (χ3v) is 3.82. The topological polar surface area (TPSA) is 70.8 Å². The summed E-state index contributed by atoms with van der Waals surface area (Å²) in [4.78, 5) is 3.87. The Bertz CT molecular complexity index is 505. The van der Waals surface area contributed by atoms with E-state index in [0.29, 0.717) is 5.69 Å². The lowest BCUT2D eigenvalue weighted by Crippen LogP contribution is -2.12. The molecular weight excluding hydrogens is 236 g/mol. The number of alkyl halides is 1. The average Bonchev–Trinajstić information content (AvgIpc) is 2.17. The molecule has 0 aliphatic rings. The van der Waals surface area contributed by atoms with Crippen molar-refractivity contribution in [1.29, 1.82) is 5.26 Å². The summed E-state index contributed by atoms with van der Waals surface area (Å²) in [5.41, 5.74) is 0.618. The van der Waals surface area contributed by atoms with Gasteiger partial charge in [-0.25, -0.2) is 13.4 Å². The Morgan fingerprint density at radius 1 is 1.53 bits per heavy atom. The molecule has 0 unspecified atom stereocenters. The molecule has 0 aliphatic carbocycles. The molecule has 6 heteroatoms. The van der Waals surface area contributed by atoms with E-state index in [2.05, 4.69) is 4.98 Å². The first-order chi connectivity index (χ1) is 7.01. The van der Waals surface area contributed by atoms with E-state index in [1.54, 1.807) is 19.1 Å². The predicted molar refractivity (Wildman–Crippen MR) is 56.5 cm³/mol. The summed E-state index contributed by atoms with van der Waals surface area (Å²) in [7, 11) is -3.54. The lowest BCUT2D eigenvalue weighted by atomic mass is 10.3. The minimum absolute atomic E-state index is 0.0111.